The lowest BCUT2D eigenvalue weighted by Gasteiger charge is -2.30. The molecule has 0 saturated heterocycles. The van der Waals surface area contributed by atoms with Gasteiger partial charge >= 0.3 is 0 Å². The standard InChI is InChI=1S/C29H38N4/c1-18(2)22-11-9-12-23(19(3)4)26(22)32-17-33(29-28(32)30-15-16-31-29)27-24(20(5)6)13-10-14-25(27)21(7)8/h9-16,18-21H,17H2,1-8H3. The Morgan fingerprint density at radius 3 is 1.12 bits per heavy atom. The molecule has 0 unspecified atom stereocenters. The van der Waals surface area contributed by atoms with Crippen LogP contribution in [-0.4, -0.2) is 16.6 Å². The van der Waals surface area contributed by atoms with Gasteiger partial charge in [0.15, 0.2) is 11.6 Å². The third kappa shape index (κ3) is 4.12. The summed E-state index contributed by atoms with van der Waals surface area (Å²) in [6.07, 6.45) is 3.64. The van der Waals surface area contributed by atoms with E-state index in [0.717, 1.165) is 11.6 Å². The van der Waals surface area contributed by atoms with E-state index in [9.17, 15) is 0 Å². The minimum atomic E-state index is 0.419. The number of para-hydroxylation sites is 2. The molecule has 0 fully saturated rings. The quantitative estimate of drug-likeness (QED) is 0.385. The summed E-state index contributed by atoms with van der Waals surface area (Å²) in [4.78, 5) is 14.5. The molecule has 4 nitrogen and oxygen atoms in total. The molecule has 0 bridgehead atoms. The van der Waals surface area contributed by atoms with Crippen LogP contribution in [0.2, 0.25) is 0 Å². The third-order valence-corrected chi connectivity index (χ3v) is 6.68. The predicted octanol–water partition coefficient (Wildman–Crippen LogP) is 8.22. The lowest BCUT2D eigenvalue weighted by Crippen LogP contribution is -2.28. The average Bonchev–Trinajstić information content (AvgIpc) is 3.16. The molecule has 33 heavy (non-hydrogen) atoms. The molecule has 4 rings (SSSR count). The van der Waals surface area contributed by atoms with Crippen molar-refractivity contribution in [2.45, 2.75) is 79.1 Å². The highest BCUT2D eigenvalue weighted by atomic mass is 15.4. The molecule has 2 heterocycles. The predicted molar refractivity (Wildman–Crippen MR) is 140 cm³/mol. The first kappa shape index (κ1) is 23.3. The molecule has 0 spiro atoms. The monoisotopic (exact) mass is 442 g/mol. The van der Waals surface area contributed by atoms with Gasteiger partial charge in [-0.3, -0.25) is 0 Å². The fraction of sp³-hybridized carbons (Fsp3) is 0.448. The van der Waals surface area contributed by atoms with Gasteiger partial charge in [-0.25, -0.2) is 9.97 Å². The van der Waals surface area contributed by atoms with Gasteiger partial charge in [0.25, 0.3) is 0 Å². The Hall–Kier alpha value is -2.88. The Morgan fingerprint density at radius 1 is 0.545 bits per heavy atom. The number of anilines is 4. The van der Waals surface area contributed by atoms with Crippen LogP contribution < -0.4 is 9.80 Å². The normalized spacial score (nSPS) is 13.7. The first-order chi connectivity index (χ1) is 15.7. The van der Waals surface area contributed by atoms with E-state index >= 15 is 0 Å². The van der Waals surface area contributed by atoms with E-state index in [-0.39, 0.29) is 0 Å². The average molecular weight is 443 g/mol. The zero-order valence-electron chi connectivity index (χ0n) is 21.4. The summed E-state index contributed by atoms with van der Waals surface area (Å²) < 4.78 is 0. The Bertz CT molecular complexity index is 989. The smallest absolute Gasteiger partial charge is 0.178 e. The number of hydrogen-bond acceptors (Lipinski definition) is 4. The fourth-order valence-corrected chi connectivity index (χ4v) is 4.98. The molecule has 0 aliphatic carbocycles. The van der Waals surface area contributed by atoms with Crippen molar-refractivity contribution in [1.29, 1.82) is 0 Å². The highest BCUT2D eigenvalue weighted by Crippen LogP contribution is 2.48. The molecule has 4 heteroatoms. The van der Waals surface area contributed by atoms with Crippen LogP contribution in [-0.2, 0) is 0 Å². The van der Waals surface area contributed by atoms with Gasteiger partial charge in [0.2, 0.25) is 0 Å². The lowest BCUT2D eigenvalue weighted by molar-refractivity contribution is 0.804. The maximum Gasteiger partial charge on any atom is 0.178 e. The minimum absolute atomic E-state index is 0.419. The van der Waals surface area contributed by atoms with E-state index in [1.54, 1.807) is 0 Å². The van der Waals surface area contributed by atoms with Gasteiger partial charge in [-0.2, -0.15) is 0 Å². The Balaban J connectivity index is 1.96. The van der Waals surface area contributed by atoms with Crippen LogP contribution in [0, 0.1) is 0 Å². The van der Waals surface area contributed by atoms with Gasteiger partial charge in [-0.1, -0.05) is 91.8 Å². The molecule has 0 radical (unpaired) electrons. The summed E-state index contributed by atoms with van der Waals surface area (Å²) in [6, 6.07) is 13.5. The van der Waals surface area contributed by atoms with Crippen molar-refractivity contribution < 1.29 is 0 Å². The van der Waals surface area contributed by atoms with Gasteiger partial charge in [0.1, 0.15) is 6.67 Å². The Morgan fingerprint density at radius 2 is 0.848 bits per heavy atom. The number of rotatable bonds is 6. The van der Waals surface area contributed by atoms with Crippen molar-refractivity contribution in [3.63, 3.8) is 0 Å². The molecule has 1 aromatic heterocycles. The topological polar surface area (TPSA) is 32.3 Å². The summed E-state index contributed by atoms with van der Waals surface area (Å²) in [5.41, 5.74) is 8.03. The zero-order valence-corrected chi connectivity index (χ0v) is 21.4. The van der Waals surface area contributed by atoms with Crippen molar-refractivity contribution in [3.05, 3.63) is 71.0 Å². The molecule has 174 valence electrons. The largest absolute Gasteiger partial charge is 0.304 e. The van der Waals surface area contributed by atoms with Gasteiger partial charge in [0.05, 0.1) is 11.4 Å². The van der Waals surface area contributed by atoms with E-state index < -0.39 is 0 Å². The SMILES string of the molecule is CC(C)c1cccc(C(C)C)c1N1CN(c2c(C(C)C)cccc2C(C)C)c2nccnc21. The summed E-state index contributed by atoms with van der Waals surface area (Å²) in [5.74, 6) is 3.56. The maximum absolute atomic E-state index is 4.86. The van der Waals surface area contributed by atoms with E-state index in [1.807, 2.05) is 12.4 Å². The fourth-order valence-electron chi connectivity index (χ4n) is 4.98. The molecule has 0 N–H and O–H groups in total. The molecular weight excluding hydrogens is 404 g/mol. The van der Waals surface area contributed by atoms with Crippen molar-refractivity contribution in [3.8, 4) is 0 Å². The molecule has 1 aliphatic heterocycles. The van der Waals surface area contributed by atoms with E-state index in [4.69, 9.17) is 9.97 Å². The third-order valence-electron chi connectivity index (χ3n) is 6.68. The number of aromatic nitrogens is 2. The number of fused-ring (bicyclic) bond motifs is 1. The van der Waals surface area contributed by atoms with Crippen LogP contribution in [0.4, 0.5) is 23.0 Å². The first-order valence-corrected chi connectivity index (χ1v) is 12.3. The molecule has 3 aromatic rings. The molecule has 0 atom stereocenters. The second-order valence-corrected chi connectivity index (χ2v) is 10.4. The Kier molecular flexibility index (Phi) is 6.47. The number of benzene rings is 2. The minimum Gasteiger partial charge on any atom is -0.304 e. The van der Waals surface area contributed by atoms with Crippen LogP contribution in [0.25, 0.3) is 0 Å². The van der Waals surface area contributed by atoms with Gasteiger partial charge in [-0.05, 0) is 45.9 Å². The number of nitrogens with zero attached hydrogens (tertiary/aromatic N) is 4. The summed E-state index contributed by atoms with van der Waals surface area (Å²) in [7, 11) is 0. The maximum atomic E-state index is 4.86. The lowest BCUT2D eigenvalue weighted by atomic mass is 9.91. The van der Waals surface area contributed by atoms with E-state index in [2.05, 4.69) is 102 Å². The van der Waals surface area contributed by atoms with E-state index in [0.29, 0.717) is 30.3 Å². The first-order valence-electron chi connectivity index (χ1n) is 12.3. The van der Waals surface area contributed by atoms with Crippen molar-refractivity contribution in [1.82, 2.24) is 9.97 Å². The van der Waals surface area contributed by atoms with Gasteiger partial charge < -0.3 is 9.80 Å². The molecule has 1 aliphatic rings. The van der Waals surface area contributed by atoms with Crippen molar-refractivity contribution >= 4 is 23.0 Å². The van der Waals surface area contributed by atoms with Crippen LogP contribution in [0.1, 0.15) is 101 Å². The second kappa shape index (κ2) is 9.17. The molecule has 0 amide bonds. The van der Waals surface area contributed by atoms with Crippen LogP contribution >= 0.6 is 0 Å². The van der Waals surface area contributed by atoms with Gasteiger partial charge in [0, 0.05) is 12.4 Å². The highest BCUT2D eigenvalue weighted by Gasteiger charge is 2.36. The van der Waals surface area contributed by atoms with Crippen LogP contribution in [0.3, 0.4) is 0 Å². The number of hydrogen-bond donors (Lipinski definition) is 0. The summed E-state index contributed by atoms with van der Waals surface area (Å²) in [5, 5.41) is 0. The van der Waals surface area contributed by atoms with Crippen molar-refractivity contribution in [2.24, 2.45) is 0 Å². The molecular formula is C29H38N4. The summed E-state index contributed by atoms with van der Waals surface area (Å²) in [6.45, 7) is 18.9. The Labute approximate surface area is 199 Å². The van der Waals surface area contributed by atoms with Crippen LogP contribution in [0.15, 0.2) is 48.8 Å². The van der Waals surface area contributed by atoms with Crippen molar-refractivity contribution in [2.75, 3.05) is 16.5 Å². The summed E-state index contributed by atoms with van der Waals surface area (Å²) >= 11 is 0. The zero-order chi connectivity index (χ0) is 23.9. The van der Waals surface area contributed by atoms with Crippen LogP contribution in [0.5, 0.6) is 0 Å². The second-order valence-electron chi connectivity index (χ2n) is 10.4. The van der Waals surface area contributed by atoms with Gasteiger partial charge in [-0.15, -0.1) is 0 Å². The molecule has 2 aromatic carbocycles. The van der Waals surface area contributed by atoms with E-state index in [1.165, 1.54) is 33.6 Å². The molecule has 0 saturated carbocycles. The highest BCUT2D eigenvalue weighted by molar-refractivity contribution is 5.86.